The van der Waals surface area contributed by atoms with Crippen LogP contribution in [0.2, 0.25) is 0 Å². The summed E-state index contributed by atoms with van der Waals surface area (Å²) in [6.45, 7) is 7.44. The maximum Gasteiger partial charge on any atom is 0.157 e. The van der Waals surface area contributed by atoms with Crippen LogP contribution in [-0.4, -0.2) is 33.0 Å². The normalized spacial score (nSPS) is 17.7. The van der Waals surface area contributed by atoms with Gasteiger partial charge in [0.05, 0.1) is 19.3 Å². The van der Waals surface area contributed by atoms with Gasteiger partial charge in [-0.25, -0.2) is 4.68 Å². The molecule has 1 atom stereocenters. The highest BCUT2D eigenvalue weighted by molar-refractivity contribution is 5.25. The summed E-state index contributed by atoms with van der Waals surface area (Å²) in [7, 11) is 0. The zero-order chi connectivity index (χ0) is 17.9. The SMILES string of the molecule is Cc1ccc(CN2CCO[C@H]2c2cn(Cc3ccccc3C)nn2)cc1. The highest BCUT2D eigenvalue weighted by atomic mass is 16.5. The third-order valence-electron chi connectivity index (χ3n) is 4.90. The van der Waals surface area contributed by atoms with Crippen molar-refractivity contribution in [3.8, 4) is 0 Å². The van der Waals surface area contributed by atoms with Gasteiger partial charge in [-0.15, -0.1) is 5.10 Å². The van der Waals surface area contributed by atoms with Crippen LogP contribution in [0.25, 0.3) is 0 Å². The van der Waals surface area contributed by atoms with E-state index in [4.69, 9.17) is 4.74 Å². The lowest BCUT2D eigenvalue weighted by Crippen LogP contribution is -2.23. The molecule has 3 aromatic rings. The molecule has 0 N–H and O–H groups in total. The summed E-state index contributed by atoms with van der Waals surface area (Å²) in [5.41, 5.74) is 5.97. The average Bonchev–Trinajstić information content (AvgIpc) is 3.28. The summed E-state index contributed by atoms with van der Waals surface area (Å²) in [6.07, 6.45) is 1.88. The third kappa shape index (κ3) is 3.69. The quantitative estimate of drug-likeness (QED) is 0.708. The molecule has 0 bridgehead atoms. The second-order valence-corrected chi connectivity index (χ2v) is 6.95. The van der Waals surface area contributed by atoms with Crippen LogP contribution in [0.5, 0.6) is 0 Å². The second-order valence-electron chi connectivity index (χ2n) is 6.95. The molecule has 0 unspecified atom stereocenters. The molecule has 5 heteroatoms. The molecule has 0 spiro atoms. The van der Waals surface area contributed by atoms with Crippen molar-refractivity contribution in [3.05, 3.63) is 82.7 Å². The molecule has 1 aromatic heterocycles. The topological polar surface area (TPSA) is 43.2 Å². The average molecular weight is 348 g/mol. The van der Waals surface area contributed by atoms with Crippen molar-refractivity contribution in [2.45, 2.75) is 33.2 Å². The first kappa shape index (κ1) is 16.9. The zero-order valence-corrected chi connectivity index (χ0v) is 15.3. The Labute approximate surface area is 154 Å². The van der Waals surface area contributed by atoms with Crippen molar-refractivity contribution in [3.63, 3.8) is 0 Å². The summed E-state index contributed by atoms with van der Waals surface area (Å²) in [5.74, 6) is 0. The van der Waals surface area contributed by atoms with Gasteiger partial charge in [-0.1, -0.05) is 59.3 Å². The van der Waals surface area contributed by atoms with Gasteiger partial charge in [0.2, 0.25) is 0 Å². The Morgan fingerprint density at radius 2 is 1.85 bits per heavy atom. The number of rotatable bonds is 5. The van der Waals surface area contributed by atoms with Crippen molar-refractivity contribution in [1.29, 1.82) is 0 Å². The fourth-order valence-electron chi connectivity index (χ4n) is 3.33. The van der Waals surface area contributed by atoms with Crippen LogP contribution >= 0.6 is 0 Å². The van der Waals surface area contributed by atoms with Crippen LogP contribution in [0.4, 0.5) is 0 Å². The number of nitrogens with zero attached hydrogens (tertiary/aromatic N) is 4. The van der Waals surface area contributed by atoms with Gasteiger partial charge < -0.3 is 4.74 Å². The van der Waals surface area contributed by atoms with Gasteiger partial charge in [0, 0.05) is 13.1 Å². The Morgan fingerprint density at radius 3 is 2.65 bits per heavy atom. The maximum atomic E-state index is 5.94. The summed E-state index contributed by atoms with van der Waals surface area (Å²) in [5, 5.41) is 8.69. The van der Waals surface area contributed by atoms with Gasteiger partial charge in [-0.3, -0.25) is 4.90 Å². The molecule has 0 aliphatic carbocycles. The Hall–Kier alpha value is -2.50. The fraction of sp³-hybridized carbons (Fsp3) is 0.333. The lowest BCUT2D eigenvalue weighted by atomic mass is 10.1. The highest BCUT2D eigenvalue weighted by Gasteiger charge is 2.29. The maximum absolute atomic E-state index is 5.94. The van der Waals surface area contributed by atoms with Crippen LogP contribution < -0.4 is 0 Å². The van der Waals surface area contributed by atoms with Gasteiger partial charge in [0.25, 0.3) is 0 Å². The molecule has 2 aromatic carbocycles. The molecular weight excluding hydrogens is 324 g/mol. The predicted molar refractivity (Wildman–Crippen MR) is 101 cm³/mol. The summed E-state index contributed by atoms with van der Waals surface area (Å²) in [6, 6.07) is 17.0. The number of aromatic nitrogens is 3. The van der Waals surface area contributed by atoms with Crippen LogP contribution in [0, 0.1) is 13.8 Å². The molecular formula is C21H24N4O. The predicted octanol–water partition coefficient (Wildman–Crippen LogP) is 3.47. The van der Waals surface area contributed by atoms with Gasteiger partial charge in [-0.05, 0) is 30.5 Å². The van der Waals surface area contributed by atoms with Gasteiger partial charge in [0.1, 0.15) is 5.69 Å². The van der Waals surface area contributed by atoms with Crippen molar-refractivity contribution >= 4 is 0 Å². The molecule has 0 amide bonds. The van der Waals surface area contributed by atoms with E-state index in [1.807, 2.05) is 10.9 Å². The van der Waals surface area contributed by atoms with Crippen LogP contribution in [0.1, 0.15) is 34.2 Å². The first-order valence-corrected chi connectivity index (χ1v) is 9.05. The van der Waals surface area contributed by atoms with Gasteiger partial charge in [-0.2, -0.15) is 0 Å². The molecule has 1 fully saturated rings. The number of hydrogen-bond acceptors (Lipinski definition) is 4. The number of hydrogen-bond donors (Lipinski definition) is 0. The van der Waals surface area contributed by atoms with E-state index in [1.54, 1.807) is 0 Å². The van der Waals surface area contributed by atoms with E-state index in [9.17, 15) is 0 Å². The van der Waals surface area contributed by atoms with Crippen LogP contribution in [0.3, 0.4) is 0 Å². The monoisotopic (exact) mass is 348 g/mol. The Kier molecular flexibility index (Phi) is 4.82. The number of ether oxygens (including phenoxy) is 1. The van der Waals surface area contributed by atoms with E-state index in [1.165, 1.54) is 22.3 Å². The fourth-order valence-corrected chi connectivity index (χ4v) is 3.33. The van der Waals surface area contributed by atoms with E-state index in [0.717, 1.165) is 31.9 Å². The Bertz CT molecular complexity index is 872. The van der Waals surface area contributed by atoms with Crippen molar-refractivity contribution in [2.24, 2.45) is 0 Å². The lowest BCUT2D eigenvalue weighted by Gasteiger charge is -2.21. The first-order valence-electron chi connectivity index (χ1n) is 9.05. The van der Waals surface area contributed by atoms with Crippen LogP contribution in [0.15, 0.2) is 54.7 Å². The summed E-state index contributed by atoms with van der Waals surface area (Å²) in [4.78, 5) is 2.31. The third-order valence-corrected chi connectivity index (χ3v) is 4.90. The molecule has 1 aliphatic rings. The second kappa shape index (κ2) is 7.40. The Balaban J connectivity index is 1.47. The van der Waals surface area contributed by atoms with E-state index >= 15 is 0 Å². The van der Waals surface area contributed by atoms with Gasteiger partial charge in [0.15, 0.2) is 6.23 Å². The molecule has 134 valence electrons. The molecule has 5 nitrogen and oxygen atoms in total. The minimum Gasteiger partial charge on any atom is -0.356 e. The smallest absolute Gasteiger partial charge is 0.157 e. The molecule has 26 heavy (non-hydrogen) atoms. The standard InChI is InChI=1S/C21H24N4O/c1-16-7-9-18(10-8-16)13-24-11-12-26-21(24)20-15-25(23-22-20)14-19-6-4-3-5-17(19)2/h3-10,15,21H,11-14H2,1-2H3/t21-/m0/s1. The summed E-state index contributed by atoms with van der Waals surface area (Å²) < 4.78 is 7.84. The Morgan fingerprint density at radius 1 is 1.04 bits per heavy atom. The molecule has 4 rings (SSSR count). The minimum atomic E-state index is -0.123. The molecule has 1 aliphatic heterocycles. The molecule has 1 saturated heterocycles. The van der Waals surface area contributed by atoms with E-state index in [2.05, 4.69) is 77.6 Å². The van der Waals surface area contributed by atoms with E-state index in [0.29, 0.717) is 0 Å². The summed E-state index contributed by atoms with van der Waals surface area (Å²) >= 11 is 0. The van der Waals surface area contributed by atoms with Crippen molar-refractivity contribution in [1.82, 2.24) is 19.9 Å². The number of aryl methyl sites for hydroxylation is 2. The lowest BCUT2D eigenvalue weighted by molar-refractivity contribution is 0.0252. The first-order chi connectivity index (χ1) is 12.7. The largest absolute Gasteiger partial charge is 0.356 e. The van der Waals surface area contributed by atoms with Gasteiger partial charge >= 0.3 is 0 Å². The molecule has 2 heterocycles. The van der Waals surface area contributed by atoms with Crippen LogP contribution in [-0.2, 0) is 17.8 Å². The molecule has 0 radical (unpaired) electrons. The van der Waals surface area contributed by atoms with E-state index < -0.39 is 0 Å². The highest BCUT2D eigenvalue weighted by Crippen LogP contribution is 2.27. The number of benzene rings is 2. The van der Waals surface area contributed by atoms with E-state index in [-0.39, 0.29) is 6.23 Å². The minimum absolute atomic E-state index is 0.123. The van der Waals surface area contributed by atoms with Crippen molar-refractivity contribution < 1.29 is 4.74 Å². The zero-order valence-electron chi connectivity index (χ0n) is 15.3. The van der Waals surface area contributed by atoms with Crippen molar-refractivity contribution in [2.75, 3.05) is 13.2 Å². The molecule has 0 saturated carbocycles.